The lowest BCUT2D eigenvalue weighted by Crippen LogP contribution is -2.23. The zero-order valence-corrected chi connectivity index (χ0v) is 12.1. The number of hydrogen-bond donors (Lipinski definition) is 2. The number of ether oxygens (including phenoxy) is 1. The van der Waals surface area contributed by atoms with Gasteiger partial charge in [-0.15, -0.1) is 0 Å². The Balaban J connectivity index is 2.10. The number of benzene rings is 1. The Bertz CT molecular complexity index is 579. The molecule has 1 aromatic carbocycles. The summed E-state index contributed by atoms with van der Waals surface area (Å²) in [6.45, 7) is 4.59. The normalized spacial score (nSPS) is 12.5. The molecule has 5 heteroatoms. The van der Waals surface area contributed by atoms with Crippen molar-refractivity contribution < 1.29 is 4.74 Å². The second-order valence-electron chi connectivity index (χ2n) is 4.73. The Hall–Kier alpha value is -1.62. The Morgan fingerprint density at radius 3 is 3.00 bits per heavy atom. The van der Waals surface area contributed by atoms with E-state index in [4.69, 9.17) is 22.7 Å². The molecule has 1 heterocycles. The molecule has 0 amide bonds. The maximum atomic E-state index is 5.69. The SMILES string of the molecule is CCCc1nc2ccc(OCC(C)C(N)=S)cc2[nH]1. The molecule has 0 bridgehead atoms. The summed E-state index contributed by atoms with van der Waals surface area (Å²) in [5, 5.41) is 0. The summed E-state index contributed by atoms with van der Waals surface area (Å²) < 4.78 is 5.69. The van der Waals surface area contributed by atoms with E-state index < -0.39 is 0 Å². The molecule has 3 N–H and O–H groups in total. The maximum Gasteiger partial charge on any atom is 0.121 e. The van der Waals surface area contributed by atoms with Crippen LogP contribution in [-0.4, -0.2) is 21.6 Å². The van der Waals surface area contributed by atoms with Crippen molar-refractivity contribution in [2.45, 2.75) is 26.7 Å². The van der Waals surface area contributed by atoms with Crippen LogP contribution in [0, 0.1) is 5.92 Å². The van der Waals surface area contributed by atoms with Crippen molar-refractivity contribution >= 4 is 28.2 Å². The molecule has 0 aliphatic rings. The van der Waals surface area contributed by atoms with Crippen LogP contribution in [0.5, 0.6) is 5.75 Å². The van der Waals surface area contributed by atoms with Gasteiger partial charge < -0.3 is 15.5 Å². The van der Waals surface area contributed by atoms with Gasteiger partial charge in [0.2, 0.25) is 0 Å². The molecule has 102 valence electrons. The first-order chi connectivity index (χ1) is 9.10. The molecule has 4 nitrogen and oxygen atoms in total. The zero-order chi connectivity index (χ0) is 13.8. The summed E-state index contributed by atoms with van der Waals surface area (Å²) in [7, 11) is 0. The number of rotatable bonds is 6. The van der Waals surface area contributed by atoms with Gasteiger partial charge >= 0.3 is 0 Å². The number of H-pyrrole nitrogens is 1. The van der Waals surface area contributed by atoms with Crippen LogP contribution in [-0.2, 0) is 6.42 Å². The lowest BCUT2D eigenvalue weighted by molar-refractivity contribution is 0.294. The lowest BCUT2D eigenvalue weighted by atomic mass is 10.2. The summed E-state index contributed by atoms with van der Waals surface area (Å²) in [5.41, 5.74) is 7.54. The van der Waals surface area contributed by atoms with Crippen molar-refractivity contribution in [3.63, 3.8) is 0 Å². The molecule has 1 unspecified atom stereocenters. The average molecular weight is 277 g/mol. The second-order valence-corrected chi connectivity index (χ2v) is 5.20. The van der Waals surface area contributed by atoms with Gasteiger partial charge in [0.1, 0.15) is 11.6 Å². The van der Waals surface area contributed by atoms with E-state index >= 15 is 0 Å². The number of hydrogen-bond acceptors (Lipinski definition) is 3. The Kier molecular flexibility index (Phi) is 4.37. The van der Waals surface area contributed by atoms with Crippen LogP contribution >= 0.6 is 12.2 Å². The molecule has 1 aromatic heterocycles. The lowest BCUT2D eigenvalue weighted by Gasteiger charge is -2.11. The van der Waals surface area contributed by atoms with E-state index in [1.807, 2.05) is 25.1 Å². The van der Waals surface area contributed by atoms with E-state index in [1.54, 1.807) is 0 Å². The smallest absolute Gasteiger partial charge is 0.121 e. The second kappa shape index (κ2) is 6.02. The summed E-state index contributed by atoms with van der Waals surface area (Å²) in [5.74, 6) is 1.90. The highest BCUT2D eigenvalue weighted by Crippen LogP contribution is 2.20. The number of nitrogens with zero attached hydrogens (tertiary/aromatic N) is 1. The fourth-order valence-corrected chi connectivity index (χ4v) is 1.86. The number of thiocarbonyl (C=S) groups is 1. The summed E-state index contributed by atoms with van der Waals surface area (Å²) >= 11 is 4.92. The molecular formula is C14H19N3OS. The van der Waals surface area contributed by atoms with E-state index in [0.29, 0.717) is 11.6 Å². The monoisotopic (exact) mass is 277 g/mol. The van der Waals surface area contributed by atoms with E-state index in [-0.39, 0.29) is 5.92 Å². The molecule has 2 rings (SSSR count). The number of imidazole rings is 1. The van der Waals surface area contributed by atoms with Crippen LogP contribution in [0.1, 0.15) is 26.1 Å². The Morgan fingerprint density at radius 2 is 2.32 bits per heavy atom. The number of nitrogens with two attached hydrogens (primary N) is 1. The molecule has 0 aliphatic carbocycles. The first-order valence-corrected chi connectivity index (χ1v) is 6.91. The van der Waals surface area contributed by atoms with Crippen molar-refractivity contribution in [2.75, 3.05) is 6.61 Å². The van der Waals surface area contributed by atoms with Crippen LogP contribution in [0.4, 0.5) is 0 Å². The minimum Gasteiger partial charge on any atom is -0.493 e. The van der Waals surface area contributed by atoms with Crippen molar-refractivity contribution in [1.29, 1.82) is 0 Å². The first-order valence-electron chi connectivity index (χ1n) is 6.51. The highest BCUT2D eigenvalue weighted by atomic mass is 32.1. The standard InChI is InChI=1S/C14H19N3OS/c1-3-4-13-16-11-6-5-10(7-12(11)17-13)18-8-9(2)14(15)19/h5-7,9H,3-4,8H2,1-2H3,(H2,15,19)(H,16,17). The molecule has 0 saturated carbocycles. The minimum atomic E-state index is 0.0723. The van der Waals surface area contributed by atoms with Gasteiger partial charge in [-0.25, -0.2) is 4.98 Å². The molecule has 19 heavy (non-hydrogen) atoms. The molecule has 1 atom stereocenters. The topological polar surface area (TPSA) is 63.9 Å². The van der Waals surface area contributed by atoms with Gasteiger partial charge in [-0.1, -0.05) is 26.1 Å². The zero-order valence-electron chi connectivity index (χ0n) is 11.3. The molecule has 0 radical (unpaired) electrons. The minimum absolute atomic E-state index is 0.0723. The van der Waals surface area contributed by atoms with Crippen molar-refractivity contribution in [3.05, 3.63) is 24.0 Å². The summed E-state index contributed by atoms with van der Waals surface area (Å²) in [6, 6.07) is 5.85. The van der Waals surface area contributed by atoms with Gasteiger partial charge in [-0.05, 0) is 18.6 Å². The van der Waals surface area contributed by atoms with Crippen LogP contribution < -0.4 is 10.5 Å². The van der Waals surface area contributed by atoms with Crippen LogP contribution in [0.2, 0.25) is 0 Å². The highest BCUT2D eigenvalue weighted by Gasteiger charge is 2.07. The van der Waals surface area contributed by atoms with E-state index in [0.717, 1.165) is 35.4 Å². The third kappa shape index (κ3) is 3.44. The predicted molar refractivity (Wildman–Crippen MR) is 81.5 cm³/mol. The van der Waals surface area contributed by atoms with Crippen molar-refractivity contribution in [1.82, 2.24) is 9.97 Å². The van der Waals surface area contributed by atoms with Gasteiger partial charge in [0.25, 0.3) is 0 Å². The largest absolute Gasteiger partial charge is 0.493 e. The Labute approximate surface area is 118 Å². The van der Waals surface area contributed by atoms with Crippen LogP contribution in [0.3, 0.4) is 0 Å². The fourth-order valence-electron chi connectivity index (χ4n) is 1.79. The van der Waals surface area contributed by atoms with Crippen molar-refractivity contribution in [2.24, 2.45) is 11.7 Å². The van der Waals surface area contributed by atoms with E-state index in [1.165, 1.54) is 0 Å². The fraction of sp³-hybridized carbons (Fsp3) is 0.429. The van der Waals surface area contributed by atoms with Crippen LogP contribution in [0.25, 0.3) is 11.0 Å². The summed E-state index contributed by atoms with van der Waals surface area (Å²) in [6.07, 6.45) is 2.04. The predicted octanol–water partition coefficient (Wildman–Crippen LogP) is 2.82. The summed E-state index contributed by atoms with van der Waals surface area (Å²) in [4.78, 5) is 8.30. The van der Waals surface area contributed by atoms with E-state index in [2.05, 4.69) is 16.9 Å². The third-order valence-corrected chi connectivity index (χ3v) is 3.38. The molecule has 0 saturated heterocycles. The van der Waals surface area contributed by atoms with Crippen LogP contribution in [0.15, 0.2) is 18.2 Å². The van der Waals surface area contributed by atoms with Gasteiger partial charge in [0.15, 0.2) is 0 Å². The van der Waals surface area contributed by atoms with Gasteiger partial charge in [-0.2, -0.15) is 0 Å². The maximum absolute atomic E-state index is 5.69. The third-order valence-electron chi connectivity index (χ3n) is 2.97. The number of aromatic nitrogens is 2. The number of nitrogens with one attached hydrogen (secondary N) is 1. The average Bonchev–Trinajstić information content (AvgIpc) is 2.77. The van der Waals surface area contributed by atoms with Gasteiger partial charge in [0, 0.05) is 18.4 Å². The van der Waals surface area contributed by atoms with E-state index in [9.17, 15) is 0 Å². The van der Waals surface area contributed by atoms with Gasteiger partial charge in [0.05, 0.1) is 22.6 Å². The number of aryl methyl sites for hydroxylation is 1. The first kappa shape index (κ1) is 13.8. The highest BCUT2D eigenvalue weighted by molar-refractivity contribution is 7.80. The molecule has 0 fully saturated rings. The quantitative estimate of drug-likeness (QED) is 0.797. The molecule has 0 aliphatic heterocycles. The Morgan fingerprint density at radius 1 is 1.53 bits per heavy atom. The molecular weight excluding hydrogens is 258 g/mol. The number of fused-ring (bicyclic) bond motifs is 1. The van der Waals surface area contributed by atoms with Gasteiger partial charge in [-0.3, -0.25) is 0 Å². The molecule has 0 spiro atoms. The van der Waals surface area contributed by atoms with Crippen molar-refractivity contribution in [3.8, 4) is 5.75 Å². The number of aromatic amines is 1. The molecule has 2 aromatic rings.